The lowest BCUT2D eigenvalue weighted by atomic mass is 10.3. The minimum atomic E-state index is -3.46. The maximum Gasteiger partial charge on any atom is 0.243 e. The van der Waals surface area contributed by atoms with Gasteiger partial charge in [0, 0.05) is 18.2 Å². The lowest BCUT2D eigenvalue weighted by Gasteiger charge is -2.25. The number of benzene rings is 1. The molecule has 0 saturated heterocycles. The second-order valence-corrected chi connectivity index (χ2v) is 7.02. The van der Waals surface area contributed by atoms with Gasteiger partial charge in [-0.2, -0.15) is 4.31 Å². The lowest BCUT2D eigenvalue weighted by molar-refractivity contribution is 0.174. The summed E-state index contributed by atoms with van der Waals surface area (Å²) in [5, 5.41) is 0. The van der Waals surface area contributed by atoms with Crippen molar-refractivity contribution < 1.29 is 17.9 Å². The van der Waals surface area contributed by atoms with E-state index in [0.717, 1.165) is 12.8 Å². The summed E-state index contributed by atoms with van der Waals surface area (Å²) in [6.45, 7) is 3.96. The van der Waals surface area contributed by atoms with Gasteiger partial charge in [-0.3, -0.25) is 0 Å². The third-order valence-electron chi connectivity index (χ3n) is 3.34. The first kappa shape index (κ1) is 12.7. The van der Waals surface area contributed by atoms with Crippen molar-refractivity contribution in [3.05, 3.63) is 18.2 Å². The van der Waals surface area contributed by atoms with Gasteiger partial charge < -0.3 is 9.47 Å². The highest BCUT2D eigenvalue weighted by atomic mass is 32.2. The van der Waals surface area contributed by atoms with Crippen molar-refractivity contribution in [3.63, 3.8) is 0 Å². The second-order valence-electron chi connectivity index (χ2n) is 5.17. The summed E-state index contributed by atoms with van der Waals surface area (Å²) < 4.78 is 37.4. The van der Waals surface area contributed by atoms with Crippen molar-refractivity contribution in [2.24, 2.45) is 0 Å². The van der Waals surface area contributed by atoms with Gasteiger partial charge in [-0.05, 0) is 38.8 Å². The fourth-order valence-electron chi connectivity index (χ4n) is 2.38. The van der Waals surface area contributed by atoms with Gasteiger partial charge in [-0.1, -0.05) is 0 Å². The lowest BCUT2D eigenvalue weighted by Crippen LogP contribution is -2.38. The molecule has 0 aromatic heterocycles. The van der Waals surface area contributed by atoms with Crippen molar-refractivity contribution >= 4 is 10.0 Å². The fourth-order valence-corrected chi connectivity index (χ4v) is 4.28. The van der Waals surface area contributed by atoms with Crippen LogP contribution in [0.1, 0.15) is 26.7 Å². The van der Waals surface area contributed by atoms with Gasteiger partial charge in [0.15, 0.2) is 11.5 Å². The minimum absolute atomic E-state index is 0.0390. The number of hydrogen-bond donors (Lipinski definition) is 0. The summed E-state index contributed by atoms with van der Waals surface area (Å²) in [4.78, 5) is 0.275. The second kappa shape index (κ2) is 4.38. The highest BCUT2D eigenvalue weighted by molar-refractivity contribution is 7.89. The molecule has 19 heavy (non-hydrogen) atoms. The Labute approximate surface area is 113 Å². The standard InChI is InChI=1S/C13H17NO4S/c1-9(2)14(10-3-4-10)19(15,16)11-5-6-12-13(7-11)18-8-17-12/h5-7,9-10H,3-4,8H2,1-2H3. The molecule has 1 fully saturated rings. The molecule has 0 atom stereocenters. The molecule has 0 unspecified atom stereocenters. The zero-order valence-corrected chi connectivity index (χ0v) is 11.8. The summed E-state index contributed by atoms with van der Waals surface area (Å²) >= 11 is 0. The molecule has 6 heteroatoms. The first-order valence-corrected chi connectivity index (χ1v) is 7.87. The number of ether oxygens (including phenoxy) is 2. The van der Waals surface area contributed by atoms with Gasteiger partial charge in [0.25, 0.3) is 0 Å². The molecule has 0 N–H and O–H groups in total. The van der Waals surface area contributed by atoms with Crippen LogP contribution in [0.25, 0.3) is 0 Å². The first-order valence-electron chi connectivity index (χ1n) is 6.43. The maximum atomic E-state index is 12.7. The van der Waals surface area contributed by atoms with E-state index >= 15 is 0 Å². The van der Waals surface area contributed by atoms with Crippen molar-refractivity contribution in [1.82, 2.24) is 4.31 Å². The number of sulfonamides is 1. The smallest absolute Gasteiger partial charge is 0.243 e. The molecule has 1 aromatic rings. The summed E-state index contributed by atoms with van der Waals surface area (Å²) in [5.41, 5.74) is 0. The topological polar surface area (TPSA) is 55.8 Å². The molecular formula is C13H17NO4S. The van der Waals surface area contributed by atoms with Crippen LogP contribution in [0, 0.1) is 0 Å². The largest absolute Gasteiger partial charge is 0.454 e. The average Bonchev–Trinajstić information content (AvgIpc) is 3.04. The van der Waals surface area contributed by atoms with Gasteiger partial charge in [-0.15, -0.1) is 0 Å². The molecule has 0 bridgehead atoms. The average molecular weight is 283 g/mol. The fraction of sp³-hybridized carbons (Fsp3) is 0.538. The third-order valence-corrected chi connectivity index (χ3v) is 5.46. The van der Waals surface area contributed by atoms with Crippen LogP contribution in [0.2, 0.25) is 0 Å². The van der Waals surface area contributed by atoms with Crippen molar-refractivity contribution in [2.75, 3.05) is 6.79 Å². The van der Waals surface area contributed by atoms with Gasteiger partial charge in [0.1, 0.15) is 0 Å². The van der Waals surface area contributed by atoms with Crippen molar-refractivity contribution in [1.29, 1.82) is 0 Å². The molecular weight excluding hydrogens is 266 g/mol. The minimum Gasteiger partial charge on any atom is -0.454 e. The Hall–Kier alpha value is -1.27. The van der Waals surface area contributed by atoms with Crippen LogP contribution in [-0.4, -0.2) is 31.6 Å². The predicted molar refractivity (Wildman–Crippen MR) is 69.7 cm³/mol. The van der Waals surface area contributed by atoms with E-state index < -0.39 is 10.0 Å². The van der Waals surface area contributed by atoms with E-state index in [9.17, 15) is 8.42 Å². The van der Waals surface area contributed by atoms with Gasteiger partial charge in [-0.25, -0.2) is 8.42 Å². The predicted octanol–water partition coefficient (Wildman–Crippen LogP) is 1.98. The molecule has 1 saturated carbocycles. The van der Waals surface area contributed by atoms with E-state index in [1.807, 2.05) is 13.8 Å². The molecule has 1 aromatic carbocycles. The molecule has 5 nitrogen and oxygen atoms in total. The van der Waals surface area contributed by atoms with E-state index in [-0.39, 0.29) is 23.8 Å². The van der Waals surface area contributed by atoms with Crippen molar-refractivity contribution in [2.45, 2.75) is 43.7 Å². The Morgan fingerprint density at radius 1 is 1.21 bits per heavy atom. The Morgan fingerprint density at radius 2 is 1.89 bits per heavy atom. The van der Waals surface area contributed by atoms with Gasteiger partial charge in [0.2, 0.25) is 16.8 Å². The Bertz CT molecular complexity index is 591. The molecule has 0 amide bonds. The number of hydrogen-bond acceptors (Lipinski definition) is 4. The Morgan fingerprint density at radius 3 is 2.53 bits per heavy atom. The van der Waals surface area contributed by atoms with Crippen molar-refractivity contribution in [3.8, 4) is 11.5 Å². The summed E-state index contributed by atoms with van der Waals surface area (Å²) in [6.07, 6.45) is 1.89. The molecule has 1 heterocycles. The number of rotatable bonds is 4. The summed E-state index contributed by atoms with van der Waals surface area (Å²) in [6, 6.07) is 4.90. The van der Waals surface area contributed by atoms with E-state index in [1.165, 1.54) is 0 Å². The SMILES string of the molecule is CC(C)N(C1CC1)S(=O)(=O)c1ccc2c(c1)OCO2. The summed E-state index contributed by atoms with van der Waals surface area (Å²) in [7, 11) is -3.46. The number of nitrogens with zero attached hydrogens (tertiary/aromatic N) is 1. The number of fused-ring (bicyclic) bond motifs is 1. The van der Waals surface area contributed by atoms with E-state index in [1.54, 1.807) is 22.5 Å². The van der Waals surface area contributed by atoms with Crippen LogP contribution in [-0.2, 0) is 10.0 Å². The third kappa shape index (κ3) is 2.19. The first-order chi connectivity index (χ1) is 9.00. The van der Waals surface area contributed by atoms with Gasteiger partial charge >= 0.3 is 0 Å². The quantitative estimate of drug-likeness (QED) is 0.848. The normalized spacial score (nSPS) is 18.3. The zero-order valence-electron chi connectivity index (χ0n) is 11.0. The highest BCUT2D eigenvalue weighted by Gasteiger charge is 2.40. The van der Waals surface area contributed by atoms with Crippen LogP contribution in [0.4, 0.5) is 0 Å². The summed E-state index contributed by atoms with van der Waals surface area (Å²) in [5.74, 6) is 1.10. The monoisotopic (exact) mass is 283 g/mol. The van der Waals surface area contributed by atoms with Crippen LogP contribution < -0.4 is 9.47 Å². The molecule has 0 spiro atoms. The van der Waals surface area contributed by atoms with Gasteiger partial charge in [0.05, 0.1) is 4.90 Å². The molecule has 3 rings (SSSR count). The van der Waals surface area contributed by atoms with Crippen LogP contribution >= 0.6 is 0 Å². The zero-order chi connectivity index (χ0) is 13.6. The molecule has 2 aliphatic rings. The van der Waals surface area contributed by atoms with E-state index in [0.29, 0.717) is 11.5 Å². The van der Waals surface area contributed by atoms with Crippen LogP contribution in [0.15, 0.2) is 23.1 Å². The van der Waals surface area contributed by atoms with Crippen LogP contribution in [0.5, 0.6) is 11.5 Å². The Kier molecular flexibility index (Phi) is 2.94. The highest BCUT2D eigenvalue weighted by Crippen LogP contribution is 2.38. The maximum absolute atomic E-state index is 12.7. The van der Waals surface area contributed by atoms with E-state index in [2.05, 4.69) is 0 Å². The molecule has 1 aliphatic heterocycles. The van der Waals surface area contributed by atoms with Crippen LogP contribution in [0.3, 0.4) is 0 Å². The Balaban J connectivity index is 1.99. The molecule has 1 aliphatic carbocycles. The molecule has 0 radical (unpaired) electrons. The molecule has 104 valence electrons. The van der Waals surface area contributed by atoms with E-state index in [4.69, 9.17) is 9.47 Å².